The maximum Gasteiger partial charge on any atom is 0.0788 e. The van der Waals surface area contributed by atoms with Gasteiger partial charge in [-0.2, -0.15) is 0 Å². The Labute approximate surface area is 121 Å². The molecule has 0 aromatic heterocycles. The van der Waals surface area contributed by atoms with Crippen molar-refractivity contribution >= 4 is 0 Å². The number of hydrogen-bond acceptors (Lipinski definition) is 1. The summed E-state index contributed by atoms with van der Waals surface area (Å²) >= 11 is 0. The van der Waals surface area contributed by atoms with Crippen LogP contribution in [0.4, 0.5) is 0 Å². The maximum absolute atomic E-state index is 6.19. The van der Waals surface area contributed by atoms with Crippen LogP contribution in [0.2, 0.25) is 0 Å². The average molecular weight is 264 g/mol. The van der Waals surface area contributed by atoms with Crippen LogP contribution in [0.1, 0.15) is 26.3 Å². The minimum atomic E-state index is -0.108. The van der Waals surface area contributed by atoms with Crippen molar-refractivity contribution in [2.24, 2.45) is 11.8 Å². The molecule has 20 heavy (non-hydrogen) atoms. The summed E-state index contributed by atoms with van der Waals surface area (Å²) in [7, 11) is 0. The van der Waals surface area contributed by atoms with Gasteiger partial charge in [0, 0.05) is 23.0 Å². The molecule has 1 aromatic rings. The van der Waals surface area contributed by atoms with Crippen LogP contribution < -0.4 is 0 Å². The summed E-state index contributed by atoms with van der Waals surface area (Å²) in [5.41, 5.74) is 2.16. The van der Waals surface area contributed by atoms with Gasteiger partial charge >= 0.3 is 0 Å². The summed E-state index contributed by atoms with van der Waals surface area (Å²) in [6, 6.07) is 10.1. The minimum Gasteiger partial charge on any atom is -0.371 e. The summed E-state index contributed by atoms with van der Waals surface area (Å²) in [6.45, 7) is 6.33. The van der Waals surface area contributed by atoms with Gasteiger partial charge in [-0.25, -0.2) is 0 Å². The Balaban J connectivity index is 1.75. The lowest BCUT2D eigenvalue weighted by Crippen LogP contribution is -2.31. The third kappa shape index (κ3) is 2.71. The molecule has 0 N–H and O–H groups in total. The molecule has 3 rings (SSSR count). The Hall–Kier alpha value is -1.78. The van der Waals surface area contributed by atoms with Crippen molar-refractivity contribution in [1.29, 1.82) is 0 Å². The molecule has 0 spiro atoms. The first-order valence-corrected chi connectivity index (χ1v) is 7.18. The predicted octanol–water partition coefficient (Wildman–Crippen LogP) is 3.96. The first kappa shape index (κ1) is 13.2. The molecule has 0 aliphatic heterocycles. The van der Waals surface area contributed by atoms with Gasteiger partial charge in [0.05, 0.1) is 11.7 Å². The zero-order valence-electron chi connectivity index (χ0n) is 12.3. The van der Waals surface area contributed by atoms with Gasteiger partial charge in [-0.3, -0.25) is 0 Å². The highest BCUT2D eigenvalue weighted by Gasteiger charge is 2.41. The fourth-order valence-electron chi connectivity index (χ4n) is 2.81. The summed E-state index contributed by atoms with van der Waals surface area (Å²) < 4.78 is 6.19. The van der Waals surface area contributed by atoms with E-state index in [1.165, 1.54) is 5.57 Å². The number of hydrogen-bond donors (Lipinski definition) is 0. The summed E-state index contributed by atoms with van der Waals surface area (Å²) in [4.78, 5) is 0. The zero-order chi connectivity index (χ0) is 14.2. The summed E-state index contributed by atoms with van der Waals surface area (Å²) in [5.74, 6) is 7.29. The number of ether oxygens (including phenoxy) is 1. The second-order valence-electron chi connectivity index (χ2n) is 6.42. The highest BCUT2D eigenvalue weighted by molar-refractivity contribution is 5.48. The van der Waals surface area contributed by atoms with Crippen LogP contribution in [-0.2, 0) is 4.74 Å². The fraction of sp³-hybridized carbons (Fsp3) is 0.368. The lowest BCUT2D eigenvalue weighted by molar-refractivity contribution is -0.0724. The Bertz CT molecular complexity index is 605. The molecular weight excluding hydrogens is 244 g/mol. The van der Waals surface area contributed by atoms with Gasteiger partial charge in [-0.05, 0) is 32.9 Å². The molecule has 2 aliphatic rings. The normalized spacial score (nSPS) is 27.1. The van der Waals surface area contributed by atoms with Gasteiger partial charge in [0.25, 0.3) is 0 Å². The lowest BCUT2D eigenvalue weighted by Gasteiger charge is -2.28. The smallest absolute Gasteiger partial charge is 0.0788 e. The van der Waals surface area contributed by atoms with Crippen molar-refractivity contribution in [2.45, 2.75) is 32.5 Å². The quantitative estimate of drug-likeness (QED) is 0.551. The van der Waals surface area contributed by atoms with Gasteiger partial charge in [0.2, 0.25) is 0 Å². The number of rotatable bonds is 1. The van der Waals surface area contributed by atoms with Crippen molar-refractivity contribution in [3.63, 3.8) is 0 Å². The van der Waals surface area contributed by atoms with E-state index in [0.717, 1.165) is 5.56 Å². The van der Waals surface area contributed by atoms with Crippen molar-refractivity contribution < 1.29 is 4.74 Å². The molecule has 2 bridgehead atoms. The van der Waals surface area contributed by atoms with Gasteiger partial charge < -0.3 is 4.74 Å². The van der Waals surface area contributed by atoms with Crippen molar-refractivity contribution in [3.8, 4) is 11.8 Å². The van der Waals surface area contributed by atoms with Crippen LogP contribution >= 0.6 is 0 Å². The van der Waals surface area contributed by atoms with Gasteiger partial charge in [-0.1, -0.05) is 48.3 Å². The first-order valence-electron chi connectivity index (χ1n) is 7.18. The highest BCUT2D eigenvalue weighted by atomic mass is 16.5. The third-order valence-corrected chi connectivity index (χ3v) is 3.62. The van der Waals surface area contributed by atoms with Gasteiger partial charge in [-0.15, -0.1) is 0 Å². The second-order valence-corrected chi connectivity index (χ2v) is 6.42. The molecule has 0 saturated heterocycles. The van der Waals surface area contributed by atoms with Crippen LogP contribution in [0.3, 0.4) is 0 Å². The van der Waals surface area contributed by atoms with E-state index in [0.29, 0.717) is 11.8 Å². The molecule has 0 heterocycles. The molecule has 1 heteroatoms. The molecule has 0 saturated carbocycles. The van der Waals surface area contributed by atoms with Gasteiger partial charge in [0.1, 0.15) is 0 Å². The molecule has 2 aliphatic carbocycles. The molecular formula is C19H20O. The lowest BCUT2D eigenvalue weighted by atomic mass is 10.0. The van der Waals surface area contributed by atoms with Crippen LogP contribution in [0, 0.1) is 23.7 Å². The molecule has 1 nitrogen and oxygen atoms in total. The average Bonchev–Trinajstić information content (AvgIpc) is 2.92. The zero-order valence-corrected chi connectivity index (χ0v) is 12.3. The van der Waals surface area contributed by atoms with Crippen LogP contribution in [-0.4, -0.2) is 11.7 Å². The van der Waals surface area contributed by atoms with Crippen LogP contribution in [0.5, 0.6) is 0 Å². The summed E-state index contributed by atoms with van der Waals surface area (Å²) in [6.07, 6.45) is 6.98. The number of fused-ring (bicyclic) bond motifs is 2. The molecule has 3 atom stereocenters. The van der Waals surface area contributed by atoms with E-state index in [9.17, 15) is 0 Å². The fourth-order valence-corrected chi connectivity index (χ4v) is 2.81. The second kappa shape index (κ2) is 4.96. The molecule has 0 radical (unpaired) electrons. The Morgan fingerprint density at radius 3 is 2.45 bits per heavy atom. The Morgan fingerprint density at radius 1 is 1.00 bits per heavy atom. The summed E-state index contributed by atoms with van der Waals surface area (Å²) in [5, 5.41) is 0. The Morgan fingerprint density at radius 2 is 1.75 bits per heavy atom. The molecule has 3 unspecified atom stereocenters. The molecule has 102 valence electrons. The monoisotopic (exact) mass is 264 g/mol. The van der Waals surface area contributed by atoms with E-state index in [1.54, 1.807) is 0 Å². The van der Waals surface area contributed by atoms with E-state index in [4.69, 9.17) is 4.74 Å². The molecule has 0 fully saturated rings. The van der Waals surface area contributed by atoms with Crippen molar-refractivity contribution in [3.05, 3.63) is 59.7 Å². The third-order valence-electron chi connectivity index (χ3n) is 3.62. The van der Waals surface area contributed by atoms with Crippen molar-refractivity contribution in [2.75, 3.05) is 0 Å². The topological polar surface area (TPSA) is 9.23 Å². The maximum atomic E-state index is 6.19. The highest BCUT2D eigenvalue weighted by Crippen LogP contribution is 2.42. The standard InChI is InChI=1S/C19H20O/c1-19(2,3)20-18-16-11-12-17(18)15(13-16)10-9-14-7-5-4-6-8-14/h4-8,11-13,16-18H,1-3H3. The van der Waals surface area contributed by atoms with Gasteiger partial charge in [0.15, 0.2) is 0 Å². The van der Waals surface area contributed by atoms with Crippen molar-refractivity contribution in [1.82, 2.24) is 0 Å². The predicted molar refractivity (Wildman–Crippen MR) is 82.1 cm³/mol. The van der Waals surface area contributed by atoms with Crippen LogP contribution in [0.25, 0.3) is 0 Å². The Kier molecular flexibility index (Phi) is 3.28. The minimum absolute atomic E-state index is 0.108. The van der Waals surface area contributed by atoms with E-state index < -0.39 is 0 Å². The van der Waals surface area contributed by atoms with Crippen LogP contribution in [0.15, 0.2) is 54.1 Å². The van der Waals surface area contributed by atoms with E-state index in [2.05, 4.69) is 50.8 Å². The van der Waals surface area contributed by atoms with E-state index in [-0.39, 0.29) is 11.7 Å². The first-order chi connectivity index (χ1) is 9.53. The van der Waals surface area contributed by atoms with E-state index >= 15 is 0 Å². The number of benzene rings is 1. The molecule has 0 amide bonds. The van der Waals surface area contributed by atoms with E-state index in [1.807, 2.05) is 30.3 Å². The molecule has 1 aromatic carbocycles. The SMILES string of the molecule is CC(C)(C)OC1C2C=CC1C(C#Cc1ccccc1)=C2. The largest absolute Gasteiger partial charge is 0.371 e.